The molecule has 0 aliphatic heterocycles. The average molecular weight is 1140 g/mol. The highest BCUT2D eigenvalue weighted by atomic mass is 16.7. The van der Waals surface area contributed by atoms with Crippen molar-refractivity contribution in [2.45, 2.75) is 334 Å². The van der Waals surface area contributed by atoms with Crippen molar-refractivity contribution in [1.82, 2.24) is 0 Å². The summed E-state index contributed by atoms with van der Waals surface area (Å²) >= 11 is 0. The summed E-state index contributed by atoms with van der Waals surface area (Å²) in [6.07, 6.45) is 78.7. The fourth-order valence-electron chi connectivity index (χ4n) is 10.0. The largest absolute Gasteiger partial charge is 0.545 e. The summed E-state index contributed by atoms with van der Waals surface area (Å²) in [6, 6.07) is 0. The molecule has 2 atom stereocenters. The number of esters is 2. The Labute approximate surface area is 501 Å². The normalized spacial score (nSPS) is 13.0. The lowest BCUT2D eigenvalue weighted by Crippen LogP contribution is -2.44. The van der Waals surface area contributed by atoms with Crippen LogP contribution in [-0.2, 0) is 33.3 Å². The highest BCUT2D eigenvalue weighted by molar-refractivity contribution is 5.70. The third-order valence-corrected chi connectivity index (χ3v) is 15.3. The summed E-state index contributed by atoms with van der Waals surface area (Å²) in [5, 5.41) is 11.8. The number of unbranched alkanes of at least 4 members (excludes halogenated alkanes) is 39. The minimum absolute atomic E-state index is 0.147. The van der Waals surface area contributed by atoms with Crippen LogP contribution in [0.15, 0.2) is 60.8 Å². The SMILES string of the molecule is CC/C=C\C/C=C\C/C=C\C/C=C\C/C=C\CCCCCCCCCCCCCC(=O)OC(COC(=O)CCCCCCCCCCCCCCCCCCCCCCCCCCCCCCC)COC(OCC[N+](C)(C)C)C(=O)[O-]. The standard InChI is InChI=1S/C72H131NO8/c1-6-8-10-12-14-16-18-20-22-24-26-28-30-32-34-35-37-38-40-42-44-46-48-50-52-54-56-58-60-62-69(74)79-66-68(67-80-72(71(76)77)78-65-64-73(3,4)5)81-70(75)63-61-59-57-55-53-51-49-47-45-43-41-39-36-33-31-29-27-25-23-21-19-17-15-13-11-9-7-2/h9,11,15,17,21,23,27,29,33,36,68,72H,6-8,10,12-14,16,18-20,22,24-26,28,30-32,34-35,37-67H2,1-5H3/b11-9-,17-15-,23-21-,29-27-,36-33-. The average Bonchev–Trinajstić information content (AvgIpc) is 3.44. The van der Waals surface area contributed by atoms with E-state index >= 15 is 0 Å². The fourth-order valence-corrected chi connectivity index (χ4v) is 10.0. The number of ether oxygens (including phenoxy) is 4. The molecule has 0 spiro atoms. The van der Waals surface area contributed by atoms with Crippen LogP contribution in [0.1, 0.15) is 322 Å². The lowest BCUT2D eigenvalue weighted by atomic mass is 10.0. The Morgan fingerprint density at radius 3 is 1.05 bits per heavy atom. The molecule has 0 aromatic rings. The van der Waals surface area contributed by atoms with E-state index in [9.17, 15) is 19.5 Å². The van der Waals surface area contributed by atoms with E-state index in [1.165, 1.54) is 212 Å². The Balaban J connectivity index is 4.10. The monoisotopic (exact) mass is 1140 g/mol. The maximum Gasteiger partial charge on any atom is 0.306 e. The summed E-state index contributed by atoms with van der Waals surface area (Å²) in [6.45, 7) is 4.68. The van der Waals surface area contributed by atoms with Crippen molar-refractivity contribution >= 4 is 17.9 Å². The number of carboxylic acid groups (broad SMARTS) is 1. The van der Waals surface area contributed by atoms with E-state index in [1.807, 2.05) is 21.1 Å². The zero-order valence-electron chi connectivity index (χ0n) is 53.9. The summed E-state index contributed by atoms with van der Waals surface area (Å²) in [4.78, 5) is 37.5. The van der Waals surface area contributed by atoms with Gasteiger partial charge < -0.3 is 33.3 Å². The van der Waals surface area contributed by atoms with Crippen molar-refractivity contribution in [2.24, 2.45) is 0 Å². The molecule has 0 aliphatic carbocycles. The second kappa shape index (κ2) is 63.0. The van der Waals surface area contributed by atoms with Gasteiger partial charge in [-0.3, -0.25) is 9.59 Å². The van der Waals surface area contributed by atoms with Gasteiger partial charge in [-0.25, -0.2) is 0 Å². The molecule has 0 rings (SSSR count). The second-order valence-corrected chi connectivity index (χ2v) is 24.4. The molecule has 0 saturated heterocycles. The van der Waals surface area contributed by atoms with E-state index in [0.29, 0.717) is 23.9 Å². The van der Waals surface area contributed by atoms with Crippen molar-refractivity contribution in [3.05, 3.63) is 60.8 Å². The zero-order chi connectivity index (χ0) is 59.1. The molecule has 0 aromatic carbocycles. The van der Waals surface area contributed by atoms with Crippen molar-refractivity contribution in [1.29, 1.82) is 0 Å². The Kier molecular flexibility index (Phi) is 60.7. The Bertz CT molecular complexity index is 1510. The van der Waals surface area contributed by atoms with Crippen LogP contribution >= 0.6 is 0 Å². The van der Waals surface area contributed by atoms with Crippen LogP contribution in [-0.4, -0.2) is 82.3 Å². The minimum atomic E-state index is -1.62. The van der Waals surface area contributed by atoms with Crippen molar-refractivity contribution in [3.8, 4) is 0 Å². The maximum atomic E-state index is 12.9. The topological polar surface area (TPSA) is 111 Å². The number of nitrogens with zero attached hydrogens (tertiary/aromatic N) is 1. The molecule has 0 aromatic heterocycles. The summed E-state index contributed by atoms with van der Waals surface area (Å²) in [5.74, 6) is -2.27. The van der Waals surface area contributed by atoms with E-state index < -0.39 is 24.3 Å². The van der Waals surface area contributed by atoms with Gasteiger partial charge in [-0.2, -0.15) is 0 Å². The van der Waals surface area contributed by atoms with Crippen LogP contribution < -0.4 is 5.11 Å². The van der Waals surface area contributed by atoms with Gasteiger partial charge in [-0.1, -0.05) is 312 Å². The molecule has 81 heavy (non-hydrogen) atoms. The van der Waals surface area contributed by atoms with E-state index in [-0.39, 0.29) is 32.2 Å². The van der Waals surface area contributed by atoms with Crippen LogP contribution in [0.4, 0.5) is 0 Å². The van der Waals surface area contributed by atoms with E-state index in [1.54, 1.807) is 0 Å². The molecule has 0 aliphatic rings. The minimum Gasteiger partial charge on any atom is -0.545 e. The maximum absolute atomic E-state index is 12.9. The highest BCUT2D eigenvalue weighted by Gasteiger charge is 2.22. The molecule has 0 fully saturated rings. The van der Waals surface area contributed by atoms with Gasteiger partial charge in [0.1, 0.15) is 13.2 Å². The van der Waals surface area contributed by atoms with Gasteiger partial charge >= 0.3 is 11.9 Å². The predicted octanol–water partition coefficient (Wildman–Crippen LogP) is 19.8. The van der Waals surface area contributed by atoms with Crippen LogP contribution in [0.25, 0.3) is 0 Å². The molecular weight excluding hydrogens is 1010 g/mol. The van der Waals surface area contributed by atoms with Gasteiger partial charge in [0.05, 0.1) is 40.3 Å². The van der Waals surface area contributed by atoms with Crippen molar-refractivity contribution < 1.29 is 42.9 Å². The summed E-state index contributed by atoms with van der Waals surface area (Å²) in [7, 11) is 5.94. The Hall–Kier alpha value is -3.01. The second-order valence-electron chi connectivity index (χ2n) is 24.4. The zero-order valence-corrected chi connectivity index (χ0v) is 53.9. The number of carboxylic acids is 1. The Morgan fingerprint density at radius 1 is 0.383 bits per heavy atom. The van der Waals surface area contributed by atoms with Crippen LogP contribution in [0.3, 0.4) is 0 Å². The molecule has 9 nitrogen and oxygen atoms in total. The first-order chi connectivity index (χ1) is 39.6. The number of aliphatic carboxylic acids is 1. The molecule has 0 saturated carbocycles. The summed E-state index contributed by atoms with van der Waals surface area (Å²) in [5.41, 5.74) is 0. The first-order valence-corrected chi connectivity index (χ1v) is 34.4. The van der Waals surface area contributed by atoms with Crippen LogP contribution in [0.2, 0.25) is 0 Å². The molecule has 2 unspecified atom stereocenters. The van der Waals surface area contributed by atoms with Gasteiger partial charge in [0.25, 0.3) is 0 Å². The van der Waals surface area contributed by atoms with E-state index in [4.69, 9.17) is 18.9 Å². The number of carbonyl (C=O) groups is 3. The van der Waals surface area contributed by atoms with Gasteiger partial charge in [-0.05, 0) is 57.8 Å². The molecule has 0 amide bonds. The molecule has 0 N–H and O–H groups in total. The number of hydrogen-bond donors (Lipinski definition) is 0. The number of quaternary nitrogens is 1. The fraction of sp³-hybridized carbons (Fsp3) is 0.819. The van der Waals surface area contributed by atoms with Crippen molar-refractivity contribution in [3.63, 3.8) is 0 Å². The predicted molar refractivity (Wildman–Crippen MR) is 343 cm³/mol. The molecule has 0 bridgehead atoms. The molecule has 0 heterocycles. The number of rotatable bonds is 64. The molecular formula is C72H131NO8. The Morgan fingerprint density at radius 2 is 0.704 bits per heavy atom. The quantitative estimate of drug-likeness (QED) is 0.0195. The molecule has 472 valence electrons. The third kappa shape index (κ3) is 64.4. The number of likely N-dealkylation sites (N-methyl/N-ethyl adjacent to an activating group) is 1. The summed E-state index contributed by atoms with van der Waals surface area (Å²) < 4.78 is 22.8. The van der Waals surface area contributed by atoms with Gasteiger partial charge in [-0.15, -0.1) is 0 Å². The third-order valence-electron chi connectivity index (χ3n) is 15.3. The first-order valence-electron chi connectivity index (χ1n) is 34.4. The van der Waals surface area contributed by atoms with Crippen molar-refractivity contribution in [2.75, 3.05) is 47.5 Å². The van der Waals surface area contributed by atoms with Crippen LogP contribution in [0.5, 0.6) is 0 Å². The number of hydrogen-bond acceptors (Lipinski definition) is 8. The lowest BCUT2D eigenvalue weighted by Gasteiger charge is -2.26. The van der Waals surface area contributed by atoms with E-state index in [2.05, 4.69) is 74.6 Å². The smallest absolute Gasteiger partial charge is 0.306 e. The van der Waals surface area contributed by atoms with Gasteiger partial charge in [0.15, 0.2) is 12.4 Å². The molecule has 9 heteroatoms. The number of carbonyl (C=O) groups excluding carboxylic acids is 3. The lowest BCUT2D eigenvalue weighted by molar-refractivity contribution is -0.870. The van der Waals surface area contributed by atoms with Crippen LogP contribution in [0, 0.1) is 0 Å². The number of allylic oxidation sites excluding steroid dienone is 10. The van der Waals surface area contributed by atoms with Gasteiger partial charge in [0, 0.05) is 12.8 Å². The first kappa shape index (κ1) is 78.0. The molecule has 0 radical (unpaired) electrons. The van der Waals surface area contributed by atoms with Gasteiger partial charge in [0.2, 0.25) is 0 Å². The highest BCUT2D eigenvalue weighted by Crippen LogP contribution is 2.18. The van der Waals surface area contributed by atoms with E-state index in [0.717, 1.165) is 77.0 Å².